The second-order valence-corrected chi connectivity index (χ2v) is 11.0. The van der Waals surface area contributed by atoms with Gasteiger partial charge in [0.1, 0.15) is 29.9 Å². The van der Waals surface area contributed by atoms with Crippen molar-refractivity contribution in [2.45, 2.75) is 56.4 Å². The molecule has 2 N–H and O–H groups in total. The van der Waals surface area contributed by atoms with E-state index >= 15 is 0 Å². The molecule has 0 spiro atoms. The molecule has 0 bridgehead atoms. The normalized spacial score (nSPS) is 18.6. The molecule has 1 aliphatic carbocycles. The van der Waals surface area contributed by atoms with Crippen molar-refractivity contribution in [3.8, 4) is 11.4 Å². The van der Waals surface area contributed by atoms with Gasteiger partial charge in [-0.2, -0.15) is 5.10 Å². The predicted molar refractivity (Wildman–Crippen MR) is 143 cm³/mol. The second kappa shape index (κ2) is 10.2. The quantitative estimate of drug-likeness (QED) is 0.359. The molecule has 2 aromatic heterocycles. The molecule has 1 saturated carbocycles. The largest absolute Gasteiger partial charge is 0.491 e. The van der Waals surface area contributed by atoms with E-state index < -0.39 is 11.2 Å². The number of hydrogen-bond donors (Lipinski definition) is 2. The smallest absolute Gasteiger partial charge is 0.264 e. The highest BCUT2D eigenvalue weighted by Gasteiger charge is 2.35. The maximum Gasteiger partial charge on any atom is 0.264 e. The summed E-state index contributed by atoms with van der Waals surface area (Å²) in [6.45, 7) is 2.47. The predicted octanol–water partition coefficient (Wildman–Crippen LogP) is 3.04. The number of aliphatic hydroxyl groups is 2. The number of nitrogens with zero attached hydrogens (tertiary/aromatic N) is 5. The number of ether oxygens (including phenoxy) is 1. The summed E-state index contributed by atoms with van der Waals surface area (Å²) < 4.78 is 22.0. The fourth-order valence-electron chi connectivity index (χ4n) is 5.33. The van der Waals surface area contributed by atoms with Gasteiger partial charge in [0.2, 0.25) is 0 Å². The number of benzene rings is 2. The van der Waals surface area contributed by atoms with E-state index in [1.54, 1.807) is 16.8 Å². The minimum atomic E-state index is -1.02. The molecule has 204 valence electrons. The lowest BCUT2D eigenvalue weighted by atomic mass is 9.81. The molecular formula is C29H32FN5O4. The summed E-state index contributed by atoms with van der Waals surface area (Å²) in [7, 11) is 0. The summed E-state index contributed by atoms with van der Waals surface area (Å²) >= 11 is 0. The van der Waals surface area contributed by atoms with Crippen LogP contribution < -0.4 is 10.3 Å². The van der Waals surface area contributed by atoms with E-state index in [1.165, 1.54) is 29.2 Å². The highest BCUT2D eigenvalue weighted by Crippen LogP contribution is 2.32. The van der Waals surface area contributed by atoms with Gasteiger partial charge in [0, 0.05) is 19.6 Å². The molecule has 4 aromatic rings. The fourth-order valence-corrected chi connectivity index (χ4v) is 5.33. The zero-order chi connectivity index (χ0) is 27.0. The lowest BCUT2D eigenvalue weighted by Gasteiger charge is -2.38. The number of likely N-dealkylation sites (tertiary alicyclic amines) is 1. The average molecular weight is 534 g/mol. The molecule has 2 aromatic carbocycles. The first-order valence-corrected chi connectivity index (χ1v) is 13.4. The van der Waals surface area contributed by atoms with Gasteiger partial charge in [-0.25, -0.2) is 14.1 Å². The molecule has 1 saturated heterocycles. The lowest BCUT2D eigenvalue weighted by Crippen LogP contribution is -2.47. The molecule has 10 heteroatoms. The van der Waals surface area contributed by atoms with Gasteiger partial charge in [-0.3, -0.25) is 14.3 Å². The lowest BCUT2D eigenvalue weighted by molar-refractivity contribution is -0.0663. The van der Waals surface area contributed by atoms with Crippen molar-refractivity contribution in [2.75, 3.05) is 19.7 Å². The summed E-state index contributed by atoms with van der Waals surface area (Å²) in [5.41, 5.74) is 0.221. The van der Waals surface area contributed by atoms with Crippen molar-refractivity contribution >= 4 is 11.0 Å². The first-order valence-electron chi connectivity index (χ1n) is 13.4. The summed E-state index contributed by atoms with van der Waals surface area (Å²) in [4.78, 5) is 20.0. The van der Waals surface area contributed by atoms with Gasteiger partial charge in [0.15, 0.2) is 5.65 Å². The van der Waals surface area contributed by atoms with E-state index in [9.17, 15) is 19.4 Å². The Kier molecular flexibility index (Phi) is 6.70. The van der Waals surface area contributed by atoms with Gasteiger partial charge >= 0.3 is 0 Å². The van der Waals surface area contributed by atoms with Crippen LogP contribution in [0.4, 0.5) is 4.39 Å². The van der Waals surface area contributed by atoms with Crippen LogP contribution in [0.5, 0.6) is 5.75 Å². The van der Waals surface area contributed by atoms with Crippen molar-refractivity contribution in [1.29, 1.82) is 0 Å². The van der Waals surface area contributed by atoms with Crippen LogP contribution in [0.25, 0.3) is 16.7 Å². The van der Waals surface area contributed by atoms with Crippen LogP contribution in [0, 0.1) is 5.82 Å². The molecule has 2 fully saturated rings. The number of halogens is 1. The van der Waals surface area contributed by atoms with E-state index in [2.05, 4.69) is 15.0 Å². The monoisotopic (exact) mass is 533 g/mol. The number of fused-ring (bicyclic) bond motifs is 1. The van der Waals surface area contributed by atoms with Crippen molar-refractivity contribution < 1.29 is 19.3 Å². The third-order valence-electron chi connectivity index (χ3n) is 8.00. The topological polar surface area (TPSA) is 106 Å². The molecule has 0 atom stereocenters. The van der Waals surface area contributed by atoms with E-state index in [0.717, 1.165) is 30.5 Å². The first-order chi connectivity index (χ1) is 18.8. The van der Waals surface area contributed by atoms with Gasteiger partial charge in [-0.1, -0.05) is 12.1 Å². The van der Waals surface area contributed by atoms with E-state index in [0.29, 0.717) is 49.3 Å². The summed E-state index contributed by atoms with van der Waals surface area (Å²) in [5.74, 6) is 0.402. The van der Waals surface area contributed by atoms with Gasteiger partial charge in [-0.15, -0.1) is 0 Å². The molecule has 2 aliphatic rings. The minimum Gasteiger partial charge on any atom is -0.491 e. The van der Waals surface area contributed by atoms with Crippen LogP contribution >= 0.6 is 0 Å². The molecule has 0 radical (unpaired) electrons. The van der Waals surface area contributed by atoms with E-state index in [1.807, 2.05) is 24.3 Å². The third kappa shape index (κ3) is 5.45. The average Bonchev–Trinajstić information content (AvgIpc) is 3.36. The van der Waals surface area contributed by atoms with Crippen LogP contribution in [0.15, 0.2) is 65.8 Å². The Morgan fingerprint density at radius 2 is 1.67 bits per heavy atom. The van der Waals surface area contributed by atoms with Gasteiger partial charge in [0.25, 0.3) is 5.56 Å². The number of hydrogen-bond acceptors (Lipinski definition) is 7. The molecule has 1 aliphatic heterocycles. The Balaban J connectivity index is 1.11. The molecule has 3 heterocycles. The van der Waals surface area contributed by atoms with Crippen LogP contribution in [-0.4, -0.2) is 65.3 Å². The van der Waals surface area contributed by atoms with Crippen LogP contribution in [0.1, 0.15) is 37.7 Å². The Hall–Kier alpha value is -3.60. The van der Waals surface area contributed by atoms with Crippen molar-refractivity contribution in [3.63, 3.8) is 0 Å². The summed E-state index contributed by atoms with van der Waals surface area (Å²) in [6, 6.07) is 13.8. The Morgan fingerprint density at radius 3 is 2.33 bits per heavy atom. The summed E-state index contributed by atoms with van der Waals surface area (Å²) in [6.07, 6.45) is 6.57. The Bertz CT molecular complexity index is 1500. The van der Waals surface area contributed by atoms with Gasteiger partial charge < -0.3 is 14.9 Å². The molecular weight excluding hydrogens is 501 g/mol. The van der Waals surface area contributed by atoms with Crippen LogP contribution in [-0.2, 0) is 13.1 Å². The van der Waals surface area contributed by atoms with Crippen molar-refractivity contribution in [3.05, 3.63) is 82.8 Å². The Labute approximate surface area is 225 Å². The van der Waals surface area contributed by atoms with Gasteiger partial charge in [-0.05, 0) is 74.1 Å². The van der Waals surface area contributed by atoms with E-state index in [4.69, 9.17) is 4.74 Å². The van der Waals surface area contributed by atoms with Crippen molar-refractivity contribution in [1.82, 2.24) is 24.2 Å². The molecule has 0 unspecified atom stereocenters. The Morgan fingerprint density at radius 1 is 0.949 bits per heavy atom. The van der Waals surface area contributed by atoms with Crippen LogP contribution in [0.2, 0.25) is 0 Å². The molecule has 0 amide bonds. The standard InChI is InChI=1S/C29H32FN5O4/c30-22-4-2-21(3-5-22)17-33-14-12-28(37,13-15-33)18-34-20-31-26-25(27(34)36)16-32-35(26)23-6-8-24(9-7-23)39-19-29(38)10-1-11-29/h2-9,16,20,37-38H,1,10-15,17-19H2. The highest BCUT2D eigenvalue weighted by molar-refractivity contribution is 5.75. The fraction of sp³-hybridized carbons (Fsp3) is 0.414. The summed E-state index contributed by atoms with van der Waals surface area (Å²) in [5, 5.41) is 26.2. The van der Waals surface area contributed by atoms with Crippen molar-refractivity contribution in [2.24, 2.45) is 0 Å². The molecule has 39 heavy (non-hydrogen) atoms. The van der Waals surface area contributed by atoms with Crippen LogP contribution in [0.3, 0.4) is 0 Å². The van der Waals surface area contributed by atoms with Gasteiger partial charge in [0.05, 0.1) is 29.6 Å². The number of rotatable bonds is 8. The molecule has 6 rings (SSSR count). The first kappa shape index (κ1) is 25.7. The number of piperidine rings is 1. The van der Waals surface area contributed by atoms with E-state index in [-0.39, 0.29) is 24.5 Å². The third-order valence-corrected chi connectivity index (χ3v) is 8.00. The maximum absolute atomic E-state index is 13.3. The number of aromatic nitrogens is 4. The zero-order valence-electron chi connectivity index (χ0n) is 21.7. The second-order valence-electron chi connectivity index (χ2n) is 11.0. The zero-order valence-corrected chi connectivity index (χ0v) is 21.7. The minimum absolute atomic E-state index is 0.155. The molecule has 9 nitrogen and oxygen atoms in total. The maximum atomic E-state index is 13.3. The highest BCUT2D eigenvalue weighted by atomic mass is 19.1. The SMILES string of the molecule is O=c1c2cnn(-c3ccc(OCC4(O)CCC4)cc3)c2ncn1CC1(O)CCN(Cc2ccc(F)cc2)CC1.